The summed E-state index contributed by atoms with van der Waals surface area (Å²) in [5, 5.41) is 3.32. The molecule has 1 aromatic rings. The highest BCUT2D eigenvalue weighted by Crippen LogP contribution is 2.35. The van der Waals surface area contributed by atoms with Crippen LogP contribution in [0.3, 0.4) is 0 Å². The van der Waals surface area contributed by atoms with Gasteiger partial charge in [-0.05, 0) is 45.2 Å². The number of carbonyl (C=O) groups is 1. The molecule has 4 heteroatoms. The van der Waals surface area contributed by atoms with Crippen molar-refractivity contribution >= 4 is 5.91 Å². The summed E-state index contributed by atoms with van der Waals surface area (Å²) in [5.41, 5.74) is 0.275. The molecule has 0 bridgehead atoms. The van der Waals surface area contributed by atoms with Gasteiger partial charge in [0, 0.05) is 24.7 Å². The number of carbonyl (C=O) groups excluding carboxylic acids is 1. The lowest BCUT2D eigenvalue weighted by atomic mass is 9.81. The van der Waals surface area contributed by atoms with Crippen molar-refractivity contribution in [1.82, 2.24) is 10.2 Å². The second-order valence-corrected chi connectivity index (χ2v) is 6.60. The van der Waals surface area contributed by atoms with E-state index in [4.69, 9.17) is 0 Å². The summed E-state index contributed by atoms with van der Waals surface area (Å²) >= 11 is 0. The number of hydrogen-bond donors (Lipinski definition) is 1. The van der Waals surface area contributed by atoms with Gasteiger partial charge >= 0.3 is 0 Å². The van der Waals surface area contributed by atoms with Crippen LogP contribution in [-0.2, 0) is 11.3 Å². The van der Waals surface area contributed by atoms with E-state index < -0.39 is 0 Å². The maximum Gasteiger partial charge on any atom is 0.230 e. The van der Waals surface area contributed by atoms with E-state index in [1.807, 2.05) is 17.9 Å². The van der Waals surface area contributed by atoms with Crippen LogP contribution in [0.2, 0.25) is 0 Å². The van der Waals surface area contributed by atoms with Gasteiger partial charge in [-0.15, -0.1) is 0 Å². The first-order valence-corrected chi connectivity index (χ1v) is 7.85. The van der Waals surface area contributed by atoms with Crippen molar-refractivity contribution in [2.45, 2.75) is 45.2 Å². The fraction of sp³-hybridized carbons (Fsp3) is 0.588. The average molecular weight is 290 g/mol. The van der Waals surface area contributed by atoms with Crippen LogP contribution in [0.4, 0.5) is 4.39 Å². The summed E-state index contributed by atoms with van der Waals surface area (Å²) < 4.78 is 13.9. The zero-order valence-corrected chi connectivity index (χ0v) is 12.6. The molecule has 1 aromatic carbocycles. The van der Waals surface area contributed by atoms with Crippen molar-refractivity contribution in [1.29, 1.82) is 0 Å². The van der Waals surface area contributed by atoms with Gasteiger partial charge in [0.05, 0.1) is 5.41 Å². The first-order valence-electron chi connectivity index (χ1n) is 7.85. The Bertz CT molecular complexity index is 521. The van der Waals surface area contributed by atoms with Crippen LogP contribution < -0.4 is 5.32 Å². The Kier molecular flexibility index (Phi) is 3.98. The van der Waals surface area contributed by atoms with Gasteiger partial charge in [0.15, 0.2) is 0 Å². The molecule has 1 atom stereocenters. The van der Waals surface area contributed by atoms with Gasteiger partial charge in [-0.3, -0.25) is 4.79 Å². The minimum atomic E-state index is -0.341. The van der Waals surface area contributed by atoms with Crippen LogP contribution in [0.15, 0.2) is 24.3 Å². The highest BCUT2D eigenvalue weighted by atomic mass is 19.1. The summed E-state index contributed by atoms with van der Waals surface area (Å²) in [4.78, 5) is 14.9. The molecule has 1 aliphatic heterocycles. The molecule has 3 nitrogen and oxygen atoms in total. The molecule has 1 N–H and O–H groups in total. The number of amides is 1. The molecule has 0 aromatic heterocycles. The number of halogens is 1. The van der Waals surface area contributed by atoms with E-state index in [1.54, 1.807) is 12.1 Å². The number of piperidine rings is 1. The van der Waals surface area contributed by atoms with Crippen molar-refractivity contribution in [3.8, 4) is 0 Å². The summed E-state index contributed by atoms with van der Waals surface area (Å²) in [7, 11) is 0. The van der Waals surface area contributed by atoms with Crippen molar-refractivity contribution in [3.63, 3.8) is 0 Å². The maximum atomic E-state index is 13.9. The van der Waals surface area contributed by atoms with E-state index in [0.29, 0.717) is 18.2 Å². The molecule has 21 heavy (non-hydrogen) atoms. The summed E-state index contributed by atoms with van der Waals surface area (Å²) in [6.07, 6.45) is 4.03. The molecule has 1 saturated carbocycles. The predicted octanol–water partition coefficient (Wildman–Crippen LogP) is 2.71. The van der Waals surface area contributed by atoms with E-state index in [2.05, 4.69) is 5.32 Å². The lowest BCUT2D eigenvalue weighted by Crippen LogP contribution is -2.50. The third kappa shape index (κ3) is 3.10. The molecule has 1 saturated heterocycles. The molecule has 114 valence electrons. The van der Waals surface area contributed by atoms with Gasteiger partial charge < -0.3 is 10.2 Å². The molecular weight excluding hydrogens is 267 g/mol. The molecule has 2 aliphatic rings. The molecule has 2 fully saturated rings. The lowest BCUT2D eigenvalue weighted by Gasteiger charge is -2.37. The molecule has 0 radical (unpaired) electrons. The zero-order chi connectivity index (χ0) is 14.9. The quantitative estimate of drug-likeness (QED) is 0.924. The Morgan fingerprint density at radius 3 is 2.81 bits per heavy atom. The highest BCUT2D eigenvalue weighted by Gasteiger charge is 2.42. The van der Waals surface area contributed by atoms with Crippen LogP contribution in [0.1, 0.15) is 38.2 Å². The topological polar surface area (TPSA) is 32.3 Å². The van der Waals surface area contributed by atoms with Crippen molar-refractivity contribution in [3.05, 3.63) is 35.6 Å². The number of benzene rings is 1. The molecule has 3 rings (SSSR count). The minimum absolute atomic E-state index is 0.181. The van der Waals surface area contributed by atoms with E-state index in [-0.39, 0.29) is 17.1 Å². The maximum absolute atomic E-state index is 13.9. The second kappa shape index (κ2) is 5.76. The highest BCUT2D eigenvalue weighted by molar-refractivity contribution is 5.83. The van der Waals surface area contributed by atoms with Crippen molar-refractivity contribution in [2.24, 2.45) is 5.41 Å². The first kappa shape index (κ1) is 14.5. The van der Waals surface area contributed by atoms with Gasteiger partial charge in [0.25, 0.3) is 0 Å². The van der Waals surface area contributed by atoms with Crippen molar-refractivity contribution in [2.75, 3.05) is 13.1 Å². The van der Waals surface area contributed by atoms with Crippen LogP contribution in [0, 0.1) is 11.2 Å². The largest absolute Gasteiger partial charge is 0.335 e. The summed E-state index contributed by atoms with van der Waals surface area (Å²) in [5.74, 6) is -0.0386. The molecule has 0 spiro atoms. The van der Waals surface area contributed by atoms with Crippen LogP contribution in [-0.4, -0.2) is 29.9 Å². The van der Waals surface area contributed by atoms with Gasteiger partial charge in [0.1, 0.15) is 5.82 Å². The first-order chi connectivity index (χ1) is 10.1. The minimum Gasteiger partial charge on any atom is -0.335 e. The van der Waals surface area contributed by atoms with E-state index >= 15 is 0 Å². The monoisotopic (exact) mass is 290 g/mol. The smallest absolute Gasteiger partial charge is 0.230 e. The van der Waals surface area contributed by atoms with E-state index in [1.165, 1.54) is 6.07 Å². The van der Waals surface area contributed by atoms with Gasteiger partial charge in [-0.1, -0.05) is 18.2 Å². The lowest BCUT2D eigenvalue weighted by molar-refractivity contribution is -0.143. The number of hydrogen-bond acceptors (Lipinski definition) is 2. The second-order valence-electron chi connectivity index (χ2n) is 6.60. The third-order valence-corrected chi connectivity index (χ3v) is 4.66. The Hall–Kier alpha value is -1.42. The van der Waals surface area contributed by atoms with Gasteiger partial charge in [-0.2, -0.15) is 0 Å². The third-order valence-electron chi connectivity index (χ3n) is 4.66. The van der Waals surface area contributed by atoms with E-state index in [0.717, 1.165) is 38.8 Å². The fourth-order valence-electron chi connectivity index (χ4n) is 3.15. The van der Waals surface area contributed by atoms with Crippen molar-refractivity contribution < 1.29 is 9.18 Å². The Balaban J connectivity index is 1.78. The Morgan fingerprint density at radius 1 is 1.43 bits per heavy atom. The summed E-state index contributed by atoms with van der Waals surface area (Å²) in [6.45, 7) is 4.15. The normalized spacial score (nSPS) is 25.6. The van der Waals surface area contributed by atoms with E-state index in [9.17, 15) is 9.18 Å². The standard InChI is InChI=1S/C17H23FN2O/c1-17(9-4-10-19-12-17)16(21)20(14-7-8-14)11-13-5-2-3-6-15(13)18/h2-3,5-6,14,19H,4,7-12H2,1H3. The van der Waals surface area contributed by atoms with Gasteiger partial charge in [-0.25, -0.2) is 4.39 Å². The Labute approximate surface area is 125 Å². The van der Waals surface area contributed by atoms with Gasteiger partial charge in [0.2, 0.25) is 5.91 Å². The summed E-state index contributed by atoms with van der Waals surface area (Å²) in [6, 6.07) is 7.07. The van der Waals surface area contributed by atoms with Crippen LogP contribution in [0.5, 0.6) is 0 Å². The zero-order valence-electron chi connectivity index (χ0n) is 12.6. The fourth-order valence-corrected chi connectivity index (χ4v) is 3.15. The molecule has 1 aliphatic carbocycles. The molecule has 1 unspecified atom stereocenters. The number of nitrogens with one attached hydrogen (secondary N) is 1. The SMILES string of the molecule is CC1(C(=O)N(Cc2ccccc2F)C2CC2)CCCNC1. The molecule has 1 heterocycles. The van der Waals surface area contributed by atoms with Crippen LogP contribution in [0.25, 0.3) is 0 Å². The molecule has 1 amide bonds. The number of nitrogens with zero attached hydrogens (tertiary/aromatic N) is 1. The number of rotatable bonds is 4. The average Bonchev–Trinajstić information content (AvgIpc) is 3.31. The van der Waals surface area contributed by atoms with Crippen LogP contribution >= 0.6 is 0 Å². The predicted molar refractivity (Wildman–Crippen MR) is 80.2 cm³/mol. The Morgan fingerprint density at radius 2 is 2.19 bits per heavy atom. The molecular formula is C17H23FN2O.